The fraction of sp³-hybridized carbons (Fsp3) is 0.455. The summed E-state index contributed by atoms with van der Waals surface area (Å²) in [5.74, 6) is -0.282. The van der Waals surface area contributed by atoms with Gasteiger partial charge in [-0.05, 0) is 25.8 Å². The summed E-state index contributed by atoms with van der Waals surface area (Å²) in [5.41, 5.74) is 5.78. The van der Waals surface area contributed by atoms with Gasteiger partial charge in [0.25, 0.3) is 0 Å². The molecule has 0 aromatic heterocycles. The third kappa shape index (κ3) is 2.53. The van der Waals surface area contributed by atoms with E-state index in [0.717, 1.165) is 0 Å². The fourth-order valence-electron chi connectivity index (χ4n) is 1.51. The van der Waals surface area contributed by atoms with E-state index in [0.29, 0.717) is 18.4 Å². The van der Waals surface area contributed by atoms with E-state index >= 15 is 0 Å². The second kappa shape index (κ2) is 4.53. The molecule has 0 fully saturated rings. The summed E-state index contributed by atoms with van der Waals surface area (Å²) in [6, 6.07) is 6.50. The molecule has 0 radical (unpaired) electrons. The fourth-order valence-corrected chi connectivity index (χ4v) is 1.51. The Balaban J connectivity index is 2.86. The molecule has 1 aromatic rings. The maximum Gasteiger partial charge on any atom is 0.128 e. The van der Waals surface area contributed by atoms with Crippen LogP contribution in [-0.4, -0.2) is 11.7 Å². The zero-order valence-electron chi connectivity index (χ0n) is 8.33. The van der Waals surface area contributed by atoms with Gasteiger partial charge in [-0.1, -0.05) is 18.2 Å². The van der Waals surface area contributed by atoms with Crippen LogP contribution < -0.4 is 5.73 Å². The number of aliphatic hydroxyl groups is 1. The number of aliphatic hydroxyl groups excluding tert-OH is 1. The third-order valence-corrected chi connectivity index (χ3v) is 2.34. The first kappa shape index (κ1) is 11.1. The van der Waals surface area contributed by atoms with Crippen LogP contribution in [0.5, 0.6) is 0 Å². The first-order chi connectivity index (χ1) is 6.58. The van der Waals surface area contributed by atoms with Crippen LogP contribution in [0.3, 0.4) is 0 Å². The van der Waals surface area contributed by atoms with Crippen LogP contribution in [0.2, 0.25) is 0 Å². The molecule has 0 bridgehead atoms. The molecule has 14 heavy (non-hydrogen) atoms. The van der Waals surface area contributed by atoms with Crippen molar-refractivity contribution in [2.24, 2.45) is 5.73 Å². The molecule has 3 heteroatoms. The van der Waals surface area contributed by atoms with Crippen molar-refractivity contribution in [3.8, 4) is 0 Å². The summed E-state index contributed by atoms with van der Waals surface area (Å²) in [7, 11) is 0. The molecule has 0 spiro atoms. The van der Waals surface area contributed by atoms with E-state index in [9.17, 15) is 4.39 Å². The highest BCUT2D eigenvalue weighted by Crippen LogP contribution is 2.25. The van der Waals surface area contributed by atoms with Gasteiger partial charge in [0.05, 0.1) is 0 Å². The minimum Gasteiger partial charge on any atom is -0.396 e. The number of benzene rings is 1. The van der Waals surface area contributed by atoms with E-state index in [-0.39, 0.29) is 12.4 Å². The molecular weight excluding hydrogens is 181 g/mol. The average Bonchev–Trinajstić information content (AvgIpc) is 2.15. The van der Waals surface area contributed by atoms with Crippen molar-refractivity contribution in [3.63, 3.8) is 0 Å². The second-order valence-corrected chi connectivity index (χ2v) is 3.72. The van der Waals surface area contributed by atoms with Crippen LogP contribution in [0.4, 0.5) is 4.39 Å². The van der Waals surface area contributed by atoms with E-state index < -0.39 is 5.54 Å². The summed E-state index contributed by atoms with van der Waals surface area (Å²) in [6.45, 7) is 1.86. The van der Waals surface area contributed by atoms with E-state index in [1.807, 2.05) is 0 Å². The Morgan fingerprint density at radius 2 is 2.07 bits per heavy atom. The normalized spacial score (nSPS) is 15.1. The summed E-state index contributed by atoms with van der Waals surface area (Å²) in [6.07, 6.45) is 1.16. The lowest BCUT2D eigenvalue weighted by molar-refractivity contribution is 0.264. The highest BCUT2D eigenvalue weighted by Gasteiger charge is 2.23. The number of halogens is 1. The predicted molar refractivity (Wildman–Crippen MR) is 54.3 cm³/mol. The zero-order chi connectivity index (χ0) is 10.6. The lowest BCUT2D eigenvalue weighted by atomic mass is 9.88. The van der Waals surface area contributed by atoms with Gasteiger partial charge in [0.15, 0.2) is 0 Å². The quantitative estimate of drug-likeness (QED) is 0.772. The van der Waals surface area contributed by atoms with Crippen LogP contribution in [-0.2, 0) is 5.54 Å². The molecule has 78 valence electrons. The zero-order valence-corrected chi connectivity index (χ0v) is 8.33. The molecule has 1 aromatic carbocycles. The molecule has 0 heterocycles. The highest BCUT2D eigenvalue weighted by molar-refractivity contribution is 5.24. The molecule has 0 amide bonds. The van der Waals surface area contributed by atoms with Crippen molar-refractivity contribution >= 4 is 0 Å². The Morgan fingerprint density at radius 1 is 1.43 bits per heavy atom. The van der Waals surface area contributed by atoms with Crippen LogP contribution in [0.25, 0.3) is 0 Å². The van der Waals surface area contributed by atoms with Gasteiger partial charge in [-0.2, -0.15) is 0 Å². The largest absolute Gasteiger partial charge is 0.396 e. The minimum atomic E-state index is -0.700. The first-order valence-electron chi connectivity index (χ1n) is 4.72. The standard InChI is InChI=1S/C11H16FNO/c1-11(13,7-4-8-14)9-5-2-3-6-10(9)12/h2-3,5-6,14H,4,7-8,13H2,1H3. The Bertz CT molecular complexity index is 299. The summed E-state index contributed by atoms with van der Waals surface area (Å²) in [5, 5.41) is 8.70. The van der Waals surface area contributed by atoms with Gasteiger partial charge in [0.2, 0.25) is 0 Å². The molecule has 2 nitrogen and oxygen atoms in total. The minimum absolute atomic E-state index is 0.0846. The lowest BCUT2D eigenvalue weighted by Crippen LogP contribution is -2.34. The predicted octanol–water partition coefficient (Wildman–Crippen LogP) is 1.77. The van der Waals surface area contributed by atoms with Crippen molar-refractivity contribution in [3.05, 3.63) is 35.6 Å². The van der Waals surface area contributed by atoms with Crippen molar-refractivity contribution < 1.29 is 9.50 Å². The van der Waals surface area contributed by atoms with Gasteiger partial charge in [0, 0.05) is 17.7 Å². The maximum atomic E-state index is 13.4. The Morgan fingerprint density at radius 3 is 2.64 bits per heavy atom. The smallest absolute Gasteiger partial charge is 0.128 e. The van der Waals surface area contributed by atoms with Crippen LogP contribution in [0, 0.1) is 5.82 Å². The molecule has 1 rings (SSSR count). The number of hydrogen-bond acceptors (Lipinski definition) is 2. The van der Waals surface area contributed by atoms with Crippen LogP contribution >= 0.6 is 0 Å². The molecule has 1 unspecified atom stereocenters. The molecule has 1 atom stereocenters. The summed E-state index contributed by atoms with van der Waals surface area (Å²) >= 11 is 0. The number of hydrogen-bond donors (Lipinski definition) is 2. The number of nitrogens with two attached hydrogens (primary N) is 1. The maximum absolute atomic E-state index is 13.4. The van der Waals surface area contributed by atoms with Crippen LogP contribution in [0.15, 0.2) is 24.3 Å². The van der Waals surface area contributed by atoms with E-state index in [1.165, 1.54) is 6.07 Å². The van der Waals surface area contributed by atoms with Crippen molar-refractivity contribution in [2.75, 3.05) is 6.61 Å². The van der Waals surface area contributed by atoms with Gasteiger partial charge in [0.1, 0.15) is 5.82 Å². The average molecular weight is 197 g/mol. The third-order valence-electron chi connectivity index (χ3n) is 2.34. The topological polar surface area (TPSA) is 46.2 Å². The Kier molecular flexibility index (Phi) is 3.61. The molecule has 0 aliphatic carbocycles. The van der Waals surface area contributed by atoms with Crippen molar-refractivity contribution in [1.29, 1.82) is 0 Å². The number of rotatable bonds is 4. The van der Waals surface area contributed by atoms with Gasteiger partial charge < -0.3 is 10.8 Å². The van der Waals surface area contributed by atoms with Gasteiger partial charge >= 0.3 is 0 Å². The molecular formula is C11H16FNO. The Labute approximate surface area is 83.6 Å². The lowest BCUT2D eigenvalue weighted by Gasteiger charge is -2.25. The summed E-state index contributed by atoms with van der Waals surface area (Å²) in [4.78, 5) is 0. The van der Waals surface area contributed by atoms with E-state index in [1.54, 1.807) is 25.1 Å². The molecule has 0 aliphatic rings. The van der Waals surface area contributed by atoms with Crippen molar-refractivity contribution in [1.82, 2.24) is 0 Å². The van der Waals surface area contributed by atoms with Crippen molar-refractivity contribution in [2.45, 2.75) is 25.3 Å². The molecule has 0 aliphatic heterocycles. The van der Waals surface area contributed by atoms with E-state index in [2.05, 4.69) is 0 Å². The second-order valence-electron chi connectivity index (χ2n) is 3.72. The molecule has 0 saturated carbocycles. The molecule has 3 N–H and O–H groups in total. The highest BCUT2D eigenvalue weighted by atomic mass is 19.1. The SMILES string of the molecule is CC(N)(CCCO)c1ccccc1F. The van der Waals surface area contributed by atoms with Gasteiger partial charge in [-0.15, -0.1) is 0 Å². The van der Waals surface area contributed by atoms with Gasteiger partial charge in [-0.3, -0.25) is 0 Å². The van der Waals surface area contributed by atoms with Gasteiger partial charge in [-0.25, -0.2) is 4.39 Å². The molecule has 0 saturated heterocycles. The van der Waals surface area contributed by atoms with E-state index in [4.69, 9.17) is 10.8 Å². The van der Waals surface area contributed by atoms with Crippen LogP contribution in [0.1, 0.15) is 25.3 Å². The first-order valence-corrected chi connectivity index (χ1v) is 4.72. The Hall–Kier alpha value is -0.930. The monoisotopic (exact) mass is 197 g/mol. The summed E-state index contributed by atoms with van der Waals surface area (Å²) < 4.78 is 13.4.